The van der Waals surface area contributed by atoms with E-state index in [1.807, 2.05) is 39.0 Å². The molecule has 0 spiro atoms. The lowest BCUT2D eigenvalue weighted by Gasteiger charge is -2.21. The molecule has 0 unspecified atom stereocenters. The van der Waals surface area contributed by atoms with Crippen LogP contribution in [-0.4, -0.2) is 24.1 Å². The monoisotopic (exact) mass is 557 g/mol. The molecule has 9 heteroatoms. The zero-order valence-electron chi connectivity index (χ0n) is 21.4. The Labute approximate surface area is 230 Å². The Morgan fingerprint density at radius 3 is 2.68 bits per heavy atom. The number of hydrogen-bond donors (Lipinski definition) is 3. The molecule has 3 N–H and O–H groups in total. The number of anilines is 1. The first-order chi connectivity index (χ1) is 17.7. The van der Waals surface area contributed by atoms with Gasteiger partial charge >= 0.3 is 12.0 Å². The van der Waals surface area contributed by atoms with Crippen LogP contribution < -0.4 is 16.0 Å². The second-order valence-corrected chi connectivity index (χ2v) is 13.1. The molecule has 196 valence electrons. The first-order valence-corrected chi connectivity index (χ1v) is 14.7. The van der Waals surface area contributed by atoms with Gasteiger partial charge < -0.3 is 15.4 Å². The van der Waals surface area contributed by atoms with Crippen LogP contribution in [0.5, 0.6) is 0 Å². The van der Waals surface area contributed by atoms with Gasteiger partial charge in [0.2, 0.25) is 0 Å². The van der Waals surface area contributed by atoms with Gasteiger partial charge in [-0.1, -0.05) is 23.7 Å². The van der Waals surface area contributed by atoms with Crippen LogP contribution in [0.25, 0.3) is 10.4 Å². The van der Waals surface area contributed by atoms with Gasteiger partial charge in [0.05, 0.1) is 5.56 Å². The van der Waals surface area contributed by atoms with E-state index in [1.54, 1.807) is 11.3 Å². The summed E-state index contributed by atoms with van der Waals surface area (Å²) in [6.45, 7) is 7.72. The highest BCUT2D eigenvalue weighted by atomic mass is 35.5. The van der Waals surface area contributed by atoms with Crippen LogP contribution in [0, 0.1) is 0 Å². The van der Waals surface area contributed by atoms with Gasteiger partial charge in [0.15, 0.2) is 0 Å². The summed E-state index contributed by atoms with van der Waals surface area (Å²) in [5, 5.41) is 10.7. The number of carbonyl (C=O) groups excluding carboxylic acids is 2. The molecule has 5 rings (SSSR count). The second-order valence-electron chi connectivity index (χ2n) is 10.5. The SMILES string of the molecule is CC(C)(C)OC(=O)c1c(NC(=O)NCc2c(-c3cccc(Cl)c3)sc3c2CCNC3)sc2c1CCCC2. The van der Waals surface area contributed by atoms with Crippen molar-refractivity contribution in [3.63, 3.8) is 0 Å². The average Bonchev–Trinajstić information content (AvgIpc) is 3.39. The fourth-order valence-electron chi connectivity index (χ4n) is 4.96. The summed E-state index contributed by atoms with van der Waals surface area (Å²) in [5.74, 6) is -0.371. The van der Waals surface area contributed by atoms with Crippen LogP contribution in [0.2, 0.25) is 5.02 Å². The van der Waals surface area contributed by atoms with Gasteiger partial charge in [0, 0.05) is 32.7 Å². The second kappa shape index (κ2) is 10.8. The zero-order valence-corrected chi connectivity index (χ0v) is 23.8. The van der Waals surface area contributed by atoms with Crippen molar-refractivity contribution >= 4 is 51.3 Å². The van der Waals surface area contributed by atoms with Crippen LogP contribution in [0.3, 0.4) is 0 Å². The third kappa shape index (κ3) is 5.87. The molecule has 0 radical (unpaired) electrons. The number of urea groups is 1. The summed E-state index contributed by atoms with van der Waals surface area (Å²) >= 11 is 9.55. The minimum atomic E-state index is -0.607. The van der Waals surface area contributed by atoms with Crippen molar-refractivity contribution in [2.24, 2.45) is 0 Å². The van der Waals surface area contributed by atoms with E-state index in [2.05, 4.69) is 22.0 Å². The number of hydrogen-bond acceptors (Lipinski definition) is 6. The van der Waals surface area contributed by atoms with E-state index in [1.165, 1.54) is 26.7 Å². The molecule has 1 aliphatic heterocycles. The summed E-state index contributed by atoms with van der Waals surface area (Å²) in [7, 11) is 0. The lowest BCUT2D eigenvalue weighted by atomic mass is 9.95. The van der Waals surface area contributed by atoms with Crippen LogP contribution >= 0.6 is 34.3 Å². The number of benzene rings is 1. The number of fused-ring (bicyclic) bond motifs is 2. The molecule has 3 heterocycles. The van der Waals surface area contributed by atoms with Crippen molar-refractivity contribution in [1.82, 2.24) is 10.6 Å². The minimum Gasteiger partial charge on any atom is -0.456 e. The Bertz CT molecular complexity index is 1340. The number of esters is 1. The quantitative estimate of drug-likeness (QED) is 0.297. The third-order valence-electron chi connectivity index (χ3n) is 6.55. The molecule has 2 amide bonds. The van der Waals surface area contributed by atoms with E-state index >= 15 is 0 Å². The highest BCUT2D eigenvalue weighted by molar-refractivity contribution is 7.17. The predicted octanol–water partition coefficient (Wildman–Crippen LogP) is 6.93. The van der Waals surface area contributed by atoms with Crippen LogP contribution in [0.4, 0.5) is 9.80 Å². The normalized spacial score (nSPS) is 15.0. The maximum Gasteiger partial charge on any atom is 0.341 e. The van der Waals surface area contributed by atoms with Gasteiger partial charge in [-0.25, -0.2) is 9.59 Å². The molecule has 1 aliphatic carbocycles. The molecule has 2 aromatic heterocycles. The highest BCUT2D eigenvalue weighted by Gasteiger charge is 2.30. The molecule has 0 atom stereocenters. The number of carbonyl (C=O) groups is 2. The van der Waals surface area contributed by atoms with Gasteiger partial charge in [0.25, 0.3) is 0 Å². The van der Waals surface area contributed by atoms with Gasteiger partial charge in [-0.3, -0.25) is 5.32 Å². The van der Waals surface area contributed by atoms with E-state index in [-0.39, 0.29) is 12.0 Å². The fraction of sp³-hybridized carbons (Fsp3) is 0.429. The van der Waals surface area contributed by atoms with Crippen LogP contribution in [0.1, 0.15) is 70.4 Å². The van der Waals surface area contributed by atoms with Crippen molar-refractivity contribution in [2.75, 3.05) is 11.9 Å². The van der Waals surface area contributed by atoms with Crippen LogP contribution in [-0.2, 0) is 37.1 Å². The number of nitrogens with one attached hydrogen (secondary N) is 3. The fourth-order valence-corrected chi connectivity index (χ4v) is 7.76. The summed E-state index contributed by atoms with van der Waals surface area (Å²) in [6.07, 6.45) is 4.82. The van der Waals surface area contributed by atoms with Gasteiger partial charge in [-0.15, -0.1) is 22.7 Å². The van der Waals surface area contributed by atoms with Crippen molar-refractivity contribution < 1.29 is 14.3 Å². The van der Waals surface area contributed by atoms with Gasteiger partial charge in [0.1, 0.15) is 10.6 Å². The largest absolute Gasteiger partial charge is 0.456 e. The summed E-state index contributed by atoms with van der Waals surface area (Å²) < 4.78 is 5.71. The van der Waals surface area contributed by atoms with E-state index in [9.17, 15) is 9.59 Å². The highest BCUT2D eigenvalue weighted by Crippen LogP contribution is 2.40. The summed E-state index contributed by atoms with van der Waals surface area (Å²) in [6, 6.07) is 7.53. The van der Waals surface area contributed by atoms with Crippen molar-refractivity contribution in [1.29, 1.82) is 0 Å². The van der Waals surface area contributed by atoms with Gasteiger partial charge in [-0.2, -0.15) is 0 Å². The predicted molar refractivity (Wildman–Crippen MR) is 152 cm³/mol. The Kier molecular flexibility index (Phi) is 7.63. The van der Waals surface area contributed by atoms with Gasteiger partial charge in [-0.05, 0) is 93.8 Å². The number of amides is 2. The Morgan fingerprint density at radius 1 is 1.08 bits per heavy atom. The molecule has 0 saturated carbocycles. The number of ether oxygens (including phenoxy) is 1. The average molecular weight is 558 g/mol. The van der Waals surface area contributed by atoms with E-state index < -0.39 is 5.60 Å². The lowest BCUT2D eigenvalue weighted by Crippen LogP contribution is -2.30. The topological polar surface area (TPSA) is 79.5 Å². The number of halogens is 1. The number of rotatable bonds is 5. The summed E-state index contributed by atoms with van der Waals surface area (Å²) in [5.41, 5.74) is 4.44. The molecule has 1 aromatic carbocycles. The van der Waals surface area contributed by atoms with E-state index in [0.29, 0.717) is 22.1 Å². The number of aryl methyl sites for hydroxylation is 1. The first kappa shape index (κ1) is 26.2. The lowest BCUT2D eigenvalue weighted by molar-refractivity contribution is 0.00699. The standard InChI is InChI=1S/C28H32ClN3O3S2/c1-28(2,3)35-26(33)23-19-9-4-5-10-21(19)37-25(23)32-27(34)31-14-20-18-11-12-30-15-22(18)36-24(20)16-7-6-8-17(29)13-16/h6-8,13,30H,4-5,9-12,14-15H2,1-3H3,(H2,31,32,34). The number of thiophene rings is 2. The van der Waals surface area contributed by atoms with E-state index in [0.717, 1.165) is 66.8 Å². The maximum absolute atomic E-state index is 13.2. The Balaban J connectivity index is 1.38. The van der Waals surface area contributed by atoms with Crippen LogP contribution in [0.15, 0.2) is 24.3 Å². The molecule has 0 bridgehead atoms. The minimum absolute atomic E-state index is 0.325. The Morgan fingerprint density at radius 2 is 1.89 bits per heavy atom. The molecule has 6 nitrogen and oxygen atoms in total. The molecule has 0 saturated heterocycles. The van der Waals surface area contributed by atoms with Crippen molar-refractivity contribution in [3.05, 3.63) is 61.3 Å². The summed E-state index contributed by atoms with van der Waals surface area (Å²) in [4.78, 5) is 29.9. The van der Waals surface area contributed by atoms with Crippen molar-refractivity contribution in [2.45, 2.75) is 71.6 Å². The first-order valence-electron chi connectivity index (χ1n) is 12.7. The molecule has 0 fully saturated rings. The molecular weight excluding hydrogens is 526 g/mol. The Hall–Kier alpha value is -2.39. The molecule has 2 aliphatic rings. The molecule has 37 heavy (non-hydrogen) atoms. The molecular formula is C28H32ClN3O3S2. The smallest absolute Gasteiger partial charge is 0.341 e. The van der Waals surface area contributed by atoms with E-state index in [4.69, 9.17) is 16.3 Å². The molecule has 3 aromatic rings. The van der Waals surface area contributed by atoms with Crippen molar-refractivity contribution in [3.8, 4) is 10.4 Å². The maximum atomic E-state index is 13.2. The zero-order chi connectivity index (χ0) is 26.2. The third-order valence-corrected chi connectivity index (χ3v) is 9.32.